The van der Waals surface area contributed by atoms with E-state index in [1.807, 2.05) is 30.3 Å². The van der Waals surface area contributed by atoms with E-state index in [0.29, 0.717) is 10.9 Å². The summed E-state index contributed by atoms with van der Waals surface area (Å²) in [5, 5.41) is 15.0. The Morgan fingerprint density at radius 1 is 1.03 bits per heavy atom. The van der Waals surface area contributed by atoms with Crippen LogP contribution in [-0.4, -0.2) is 15.0 Å². The Balaban J connectivity index is 1.58. The number of anilines is 1. The lowest BCUT2D eigenvalue weighted by atomic mass is 10.0. The quantitative estimate of drug-likeness (QED) is 0.216. The van der Waals surface area contributed by atoms with Crippen molar-refractivity contribution in [1.29, 1.82) is 0 Å². The number of nitro groups is 1. The molecule has 8 heteroatoms. The summed E-state index contributed by atoms with van der Waals surface area (Å²) in [6.07, 6.45) is 1.76. The molecule has 7 nitrogen and oxygen atoms in total. The summed E-state index contributed by atoms with van der Waals surface area (Å²) in [5.74, 6) is 1.35. The Bertz CT molecular complexity index is 1350. The highest BCUT2D eigenvalue weighted by Crippen LogP contribution is 2.43. The minimum atomic E-state index is -0.415. The van der Waals surface area contributed by atoms with E-state index in [9.17, 15) is 10.1 Å². The van der Waals surface area contributed by atoms with E-state index < -0.39 is 4.92 Å². The van der Waals surface area contributed by atoms with Gasteiger partial charge in [0.2, 0.25) is 0 Å². The Morgan fingerprint density at radius 2 is 1.76 bits per heavy atom. The van der Waals surface area contributed by atoms with Gasteiger partial charge in [-0.25, -0.2) is 0 Å². The molecular formula is C26H22N4O3S. The van der Waals surface area contributed by atoms with Gasteiger partial charge >= 0.3 is 0 Å². The smallest absolute Gasteiger partial charge is 0.269 e. The van der Waals surface area contributed by atoms with E-state index in [0.717, 1.165) is 33.8 Å². The molecule has 2 atom stereocenters. The summed E-state index contributed by atoms with van der Waals surface area (Å²) in [5.41, 5.74) is 4.92. The lowest BCUT2D eigenvalue weighted by Crippen LogP contribution is -2.29. The van der Waals surface area contributed by atoms with Crippen LogP contribution < -0.4 is 10.2 Å². The van der Waals surface area contributed by atoms with Gasteiger partial charge in [-0.05, 0) is 85.7 Å². The third kappa shape index (κ3) is 4.04. The van der Waals surface area contributed by atoms with Crippen LogP contribution in [0.2, 0.25) is 0 Å². The highest BCUT2D eigenvalue weighted by molar-refractivity contribution is 7.80. The number of aryl methyl sites for hydroxylation is 2. The van der Waals surface area contributed by atoms with Crippen molar-refractivity contribution in [1.82, 2.24) is 10.3 Å². The fourth-order valence-corrected chi connectivity index (χ4v) is 4.77. The van der Waals surface area contributed by atoms with E-state index in [2.05, 4.69) is 47.2 Å². The van der Waals surface area contributed by atoms with Crippen molar-refractivity contribution in [2.75, 3.05) is 4.90 Å². The lowest BCUT2D eigenvalue weighted by molar-refractivity contribution is -0.384. The zero-order valence-corrected chi connectivity index (χ0v) is 19.5. The fourth-order valence-electron chi connectivity index (χ4n) is 4.43. The van der Waals surface area contributed by atoms with Gasteiger partial charge in [0.15, 0.2) is 5.11 Å². The molecule has 0 unspecified atom stereocenters. The number of nitrogens with one attached hydrogen (secondary N) is 1. The van der Waals surface area contributed by atoms with Crippen molar-refractivity contribution in [3.8, 4) is 11.3 Å². The molecule has 2 aromatic heterocycles. The van der Waals surface area contributed by atoms with Crippen molar-refractivity contribution < 1.29 is 9.34 Å². The van der Waals surface area contributed by atoms with Crippen LogP contribution in [0.25, 0.3) is 11.3 Å². The molecule has 1 aliphatic rings. The largest absolute Gasteiger partial charge is 0.459 e. The summed E-state index contributed by atoms with van der Waals surface area (Å²) in [7, 11) is 0. The van der Waals surface area contributed by atoms with Gasteiger partial charge in [-0.3, -0.25) is 15.1 Å². The molecule has 0 radical (unpaired) electrons. The van der Waals surface area contributed by atoms with Crippen LogP contribution in [-0.2, 0) is 0 Å². The number of nitro benzene ring substituents is 1. The first kappa shape index (κ1) is 21.8. The maximum Gasteiger partial charge on any atom is 0.269 e. The molecule has 0 saturated carbocycles. The number of rotatable bonds is 5. The number of hydrogen-bond acceptors (Lipinski definition) is 5. The molecule has 1 saturated heterocycles. The summed E-state index contributed by atoms with van der Waals surface area (Å²) in [6, 6.07) is 21.8. The molecule has 170 valence electrons. The second-order valence-corrected chi connectivity index (χ2v) is 8.74. The zero-order valence-electron chi connectivity index (χ0n) is 18.6. The van der Waals surface area contributed by atoms with Crippen molar-refractivity contribution >= 4 is 28.7 Å². The third-order valence-corrected chi connectivity index (χ3v) is 6.18. The molecular weight excluding hydrogens is 448 g/mol. The molecule has 0 spiro atoms. The third-order valence-electron chi connectivity index (χ3n) is 5.86. The molecule has 5 rings (SSSR count). The standard InChI is InChI=1S/C26H22N4O3S/c1-16-13-17(2)15-20(14-16)29-25(24(28-26(29)34)21-5-3-4-12-27-21)23-11-10-22(33-23)18-6-8-19(9-7-18)30(31)32/h3-15,24-25H,1-2H3,(H,28,34)/t24-,25-/m1/s1. The molecule has 3 heterocycles. The number of nitrogens with zero attached hydrogens (tertiary/aromatic N) is 3. The Hall–Kier alpha value is -4.04. The van der Waals surface area contributed by atoms with Crippen LogP contribution in [0, 0.1) is 24.0 Å². The van der Waals surface area contributed by atoms with Gasteiger partial charge < -0.3 is 14.6 Å². The van der Waals surface area contributed by atoms with Crippen LogP contribution in [0.1, 0.15) is 34.7 Å². The molecule has 1 fully saturated rings. The van der Waals surface area contributed by atoms with Crippen LogP contribution in [0.5, 0.6) is 0 Å². The Labute approximate surface area is 202 Å². The van der Waals surface area contributed by atoms with Crippen LogP contribution in [0.15, 0.2) is 83.4 Å². The predicted octanol–water partition coefficient (Wildman–Crippen LogP) is 6.04. The van der Waals surface area contributed by atoms with Gasteiger partial charge in [0.1, 0.15) is 17.6 Å². The number of pyridine rings is 1. The second-order valence-electron chi connectivity index (χ2n) is 8.35. The first-order valence-electron chi connectivity index (χ1n) is 10.8. The summed E-state index contributed by atoms with van der Waals surface area (Å²) in [4.78, 5) is 17.2. The molecule has 1 aliphatic heterocycles. The fraction of sp³-hybridized carbons (Fsp3) is 0.154. The van der Waals surface area contributed by atoms with E-state index in [-0.39, 0.29) is 17.8 Å². The first-order valence-corrected chi connectivity index (χ1v) is 11.2. The maximum atomic E-state index is 11.0. The molecule has 34 heavy (non-hydrogen) atoms. The van der Waals surface area contributed by atoms with E-state index in [1.165, 1.54) is 12.1 Å². The van der Waals surface area contributed by atoms with Crippen molar-refractivity contribution in [3.05, 3.63) is 112 Å². The van der Waals surface area contributed by atoms with Gasteiger partial charge in [0.25, 0.3) is 5.69 Å². The number of hydrogen-bond donors (Lipinski definition) is 1. The molecule has 0 bridgehead atoms. The Kier molecular flexibility index (Phi) is 5.59. The van der Waals surface area contributed by atoms with Gasteiger partial charge in [-0.15, -0.1) is 0 Å². The second kappa shape index (κ2) is 8.72. The highest BCUT2D eigenvalue weighted by atomic mass is 32.1. The van der Waals surface area contributed by atoms with E-state index >= 15 is 0 Å². The summed E-state index contributed by atoms with van der Waals surface area (Å²) in [6.45, 7) is 4.13. The minimum absolute atomic E-state index is 0.0390. The SMILES string of the molecule is Cc1cc(C)cc(N2C(=S)N[C@H](c3ccccn3)[C@H]2c2ccc(-c3ccc([N+](=O)[O-])cc3)o2)c1. The number of furan rings is 1. The Morgan fingerprint density at radius 3 is 2.41 bits per heavy atom. The molecule has 0 amide bonds. The molecule has 2 aromatic carbocycles. The zero-order chi connectivity index (χ0) is 23.8. The average Bonchev–Trinajstić information content (AvgIpc) is 3.43. The normalized spacial score (nSPS) is 17.6. The van der Waals surface area contributed by atoms with Gasteiger partial charge in [-0.1, -0.05) is 12.1 Å². The van der Waals surface area contributed by atoms with Crippen molar-refractivity contribution in [2.45, 2.75) is 25.9 Å². The lowest BCUT2D eigenvalue weighted by Gasteiger charge is -2.26. The van der Waals surface area contributed by atoms with Crippen molar-refractivity contribution in [2.24, 2.45) is 0 Å². The number of aromatic nitrogens is 1. The number of thiocarbonyl (C=S) groups is 1. The van der Waals surface area contributed by atoms with Gasteiger partial charge in [-0.2, -0.15) is 0 Å². The average molecular weight is 471 g/mol. The van der Waals surface area contributed by atoms with Gasteiger partial charge in [0, 0.05) is 29.6 Å². The van der Waals surface area contributed by atoms with Crippen LogP contribution in [0.3, 0.4) is 0 Å². The van der Waals surface area contributed by atoms with Crippen molar-refractivity contribution in [3.63, 3.8) is 0 Å². The summed E-state index contributed by atoms with van der Waals surface area (Å²) < 4.78 is 6.33. The molecule has 1 N–H and O–H groups in total. The maximum absolute atomic E-state index is 11.0. The minimum Gasteiger partial charge on any atom is -0.459 e. The summed E-state index contributed by atoms with van der Waals surface area (Å²) >= 11 is 5.78. The molecule has 0 aliphatic carbocycles. The van der Waals surface area contributed by atoms with Crippen LogP contribution in [0.4, 0.5) is 11.4 Å². The topological polar surface area (TPSA) is 84.4 Å². The van der Waals surface area contributed by atoms with E-state index in [4.69, 9.17) is 16.6 Å². The predicted molar refractivity (Wildman–Crippen MR) is 135 cm³/mol. The highest BCUT2D eigenvalue weighted by Gasteiger charge is 2.42. The first-order chi connectivity index (χ1) is 16.4. The number of non-ortho nitro benzene ring substituents is 1. The molecule has 4 aromatic rings. The van der Waals surface area contributed by atoms with Gasteiger partial charge in [0.05, 0.1) is 16.7 Å². The van der Waals surface area contributed by atoms with E-state index in [1.54, 1.807) is 18.3 Å². The number of benzene rings is 2. The van der Waals surface area contributed by atoms with Crippen LogP contribution >= 0.6 is 12.2 Å². The monoisotopic (exact) mass is 470 g/mol.